The van der Waals surface area contributed by atoms with Gasteiger partial charge in [0, 0.05) is 36.4 Å². The van der Waals surface area contributed by atoms with Gasteiger partial charge in [-0.25, -0.2) is 0 Å². The monoisotopic (exact) mass is 356 g/mol. The second kappa shape index (κ2) is 7.44. The van der Waals surface area contributed by atoms with E-state index in [1.165, 1.54) is 17.4 Å². The lowest BCUT2D eigenvalue weighted by Crippen LogP contribution is -2.29. The van der Waals surface area contributed by atoms with E-state index >= 15 is 0 Å². The molecule has 0 aliphatic carbocycles. The number of aliphatic hydroxyl groups excluding tert-OH is 1. The van der Waals surface area contributed by atoms with Crippen LogP contribution in [0.4, 0.5) is 0 Å². The first-order valence-electron chi connectivity index (χ1n) is 7.36. The maximum Gasteiger partial charge on any atom is 0.273 e. The van der Waals surface area contributed by atoms with E-state index in [0.29, 0.717) is 29.8 Å². The number of hydrogen-bond acceptors (Lipinski definition) is 6. The molecule has 1 aliphatic rings. The van der Waals surface area contributed by atoms with Crippen molar-refractivity contribution in [1.29, 1.82) is 0 Å². The van der Waals surface area contributed by atoms with Crippen molar-refractivity contribution in [2.24, 2.45) is 5.92 Å². The van der Waals surface area contributed by atoms with Crippen molar-refractivity contribution in [1.82, 2.24) is 10.5 Å². The van der Waals surface area contributed by atoms with E-state index in [0.717, 1.165) is 17.9 Å². The molecule has 0 aromatic carbocycles. The van der Waals surface area contributed by atoms with E-state index in [1.54, 1.807) is 6.07 Å². The van der Waals surface area contributed by atoms with E-state index in [1.807, 2.05) is 6.07 Å². The quantitative estimate of drug-likeness (QED) is 0.830. The zero-order valence-electron chi connectivity index (χ0n) is 12.3. The number of aromatic nitrogens is 1. The van der Waals surface area contributed by atoms with Gasteiger partial charge in [0.15, 0.2) is 11.5 Å². The molecular formula is C15H17ClN2O4S. The van der Waals surface area contributed by atoms with Crippen LogP contribution in [0.5, 0.6) is 0 Å². The first kappa shape index (κ1) is 16.4. The fraction of sp³-hybridized carbons (Fsp3) is 0.467. The number of nitrogens with zero attached hydrogens (tertiary/aromatic N) is 1. The van der Waals surface area contributed by atoms with Gasteiger partial charge in [-0.3, -0.25) is 4.79 Å². The SMILES string of the molecule is O=C(NCC1CCOC1)c1cc(C(O)Cc2ccc(Cl)s2)on1. The normalized spacial score (nSPS) is 19.0. The third kappa shape index (κ3) is 4.32. The first-order valence-corrected chi connectivity index (χ1v) is 8.56. The van der Waals surface area contributed by atoms with Crippen LogP contribution in [0.2, 0.25) is 4.34 Å². The van der Waals surface area contributed by atoms with E-state index in [-0.39, 0.29) is 17.4 Å². The first-order chi connectivity index (χ1) is 11.1. The van der Waals surface area contributed by atoms with Gasteiger partial charge in [-0.15, -0.1) is 11.3 Å². The molecule has 23 heavy (non-hydrogen) atoms. The Morgan fingerprint density at radius 3 is 3.13 bits per heavy atom. The number of hydrogen-bond donors (Lipinski definition) is 2. The summed E-state index contributed by atoms with van der Waals surface area (Å²) in [4.78, 5) is 13.0. The van der Waals surface area contributed by atoms with Gasteiger partial charge in [-0.2, -0.15) is 0 Å². The molecule has 2 aromatic heterocycles. The summed E-state index contributed by atoms with van der Waals surface area (Å²) in [6.45, 7) is 1.97. The highest BCUT2D eigenvalue weighted by atomic mass is 35.5. The molecule has 0 radical (unpaired) electrons. The van der Waals surface area contributed by atoms with Gasteiger partial charge in [0.1, 0.15) is 6.10 Å². The third-order valence-corrected chi connectivity index (χ3v) is 4.94. The minimum atomic E-state index is -0.859. The smallest absolute Gasteiger partial charge is 0.273 e. The van der Waals surface area contributed by atoms with Crippen LogP contribution < -0.4 is 5.32 Å². The molecule has 2 aromatic rings. The van der Waals surface area contributed by atoms with Crippen molar-refractivity contribution < 1.29 is 19.2 Å². The molecule has 0 bridgehead atoms. The maximum absolute atomic E-state index is 12.0. The highest BCUT2D eigenvalue weighted by molar-refractivity contribution is 7.16. The van der Waals surface area contributed by atoms with Crippen molar-refractivity contribution in [2.75, 3.05) is 19.8 Å². The van der Waals surface area contributed by atoms with Crippen molar-refractivity contribution in [3.63, 3.8) is 0 Å². The number of amides is 1. The molecule has 3 rings (SSSR count). The molecule has 2 atom stereocenters. The van der Waals surface area contributed by atoms with Crippen LogP contribution in [-0.4, -0.2) is 35.9 Å². The van der Waals surface area contributed by atoms with Gasteiger partial charge in [0.25, 0.3) is 5.91 Å². The molecule has 6 nitrogen and oxygen atoms in total. The summed E-state index contributed by atoms with van der Waals surface area (Å²) in [6, 6.07) is 5.10. The molecule has 3 heterocycles. The minimum Gasteiger partial charge on any atom is -0.385 e. The Balaban J connectivity index is 1.54. The molecule has 124 valence electrons. The number of aliphatic hydroxyl groups is 1. The van der Waals surface area contributed by atoms with Gasteiger partial charge < -0.3 is 19.7 Å². The summed E-state index contributed by atoms with van der Waals surface area (Å²) in [5.41, 5.74) is 0.169. The van der Waals surface area contributed by atoms with Gasteiger partial charge in [0.2, 0.25) is 0 Å². The average molecular weight is 357 g/mol. The molecular weight excluding hydrogens is 340 g/mol. The summed E-state index contributed by atoms with van der Waals surface area (Å²) in [5.74, 6) is 0.307. The van der Waals surface area contributed by atoms with Crippen molar-refractivity contribution in [2.45, 2.75) is 18.9 Å². The van der Waals surface area contributed by atoms with Gasteiger partial charge in [-0.05, 0) is 18.6 Å². The Morgan fingerprint density at radius 2 is 2.43 bits per heavy atom. The number of carbonyl (C=O) groups excluding carboxylic acids is 1. The molecule has 0 spiro atoms. The van der Waals surface area contributed by atoms with Crippen LogP contribution in [-0.2, 0) is 11.2 Å². The van der Waals surface area contributed by atoms with Crippen molar-refractivity contribution >= 4 is 28.8 Å². The van der Waals surface area contributed by atoms with Crippen LogP contribution in [0.15, 0.2) is 22.7 Å². The van der Waals surface area contributed by atoms with Crippen LogP contribution in [0, 0.1) is 5.92 Å². The van der Waals surface area contributed by atoms with E-state index in [9.17, 15) is 9.90 Å². The van der Waals surface area contributed by atoms with Crippen LogP contribution in [0.3, 0.4) is 0 Å². The lowest BCUT2D eigenvalue weighted by Gasteiger charge is -2.07. The topological polar surface area (TPSA) is 84.6 Å². The van der Waals surface area contributed by atoms with Gasteiger partial charge >= 0.3 is 0 Å². The van der Waals surface area contributed by atoms with Crippen LogP contribution in [0.25, 0.3) is 0 Å². The minimum absolute atomic E-state index is 0.169. The number of halogens is 1. The summed E-state index contributed by atoms with van der Waals surface area (Å²) < 4.78 is 11.0. The summed E-state index contributed by atoms with van der Waals surface area (Å²) >= 11 is 7.26. The third-order valence-electron chi connectivity index (χ3n) is 3.69. The van der Waals surface area contributed by atoms with E-state index < -0.39 is 6.10 Å². The molecule has 1 saturated heterocycles. The fourth-order valence-corrected chi connectivity index (χ4v) is 3.50. The molecule has 0 saturated carbocycles. The Kier molecular flexibility index (Phi) is 5.32. The predicted molar refractivity (Wildman–Crippen MR) is 85.8 cm³/mol. The summed E-state index contributed by atoms with van der Waals surface area (Å²) in [6.07, 6.45) is 0.460. The Bertz CT molecular complexity index is 666. The standard InChI is InChI=1S/C15H17ClN2O4S/c16-14-2-1-10(23-14)5-12(19)13-6-11(18-22-13)15(20)17-7-9-3-4-21-8-9/h1-2,6,9,12,19H,3-5,7-8H2,(H,17,20). The van der Waals surface area contributed by atoms with Gasteiger partial charge in [-0.1, -0.05) is 16.8 Å². The molecule has 1 amide bonds. The molecule has 2 N–H and O–H groups in total. The second-order valence-corrected chi connectivity index (χ2v) is 7.28. The summed E-state index contributed by atoms with van der Waals surface area (Å²) in [5, 5.41) is 16.7. The predicted octanol–water partition coefficient (Wildman–Crippen LogP) is 2.43. The second-order valence-electron chi connectivity index (χ2n) is 5.48. The molecule has 1 fully saturated rings. The van der Waals surface area contributed by atoms with E-state index in [4.69, 9.17) is 20.9 Å². The molecule has 8 heteroatoms. The zero-order valence-corrected chi connectivity index (χ0v) is 13.9. The fourth-order valence-electron chi connectivity index (χ4n) is 2.38. The Labute approximate surface area is 142 Å². The Morgan fingerprint density at radius 1 is 1.57 bits per heavy atom. The largest absolute Gasteiger partial charge is 0.385 e. The van der Waals surface area contributed by atoms with E-state index in [2.05, 4.69) is 10.5 Å². The highest BCUT2D eigenvalue weighted by Crippen LogP contribution is 2.26. The van der Waals surface area contributed by atoms with Gasteiger partial charge in [0.05, 0.1) is 10.9 Å². The number of carbonyl (C=O) groups is 1. The Hall–Kier alpha value is -1.41. The molecule has 1 aliphatic heterocycles. The van der Waals surface area contributed by atoms with Crippen LogP contribution >= 0.6 is 22.9 Å². The lowest BCUT2D eigenvalue weighted by atomic mass is 10.1. The lowest BCUT2D eigenvalue weighted by molar-refractivity contribution is 0.0934. The number of thiophene rings is 1. The molecule has 2 unspecified atom stereocenters. The van der Waals surface area contributed by atoms with Crippen LogP contribution in [0.1, 0.15) is 33.7 Å². The van der Waals surface area contributed by atoms with Crippen molar-refractivity contribution in [3.8, 4) is 0 Å². The average Bonchev–Trinajstić information content (AvgIpc) is 3.26. The van der Waals surface area contributed by atoms with Crippen molar-refractivity contribution in [3.05, 3.63) is 38.9 Å². The maximum atomic E-state index is 12.0. The highest BCUT2D eigenvalue weighted by Gasteiger charge is 2.21. The zero-order chi connectivity index (χ0) is 16.2. The number of nitrogens with one attached hydrogen (secondary N) is 1. The number of rotatable bonds is 6. The summed E-state index contributed by atoms with van der Waals surface area (Å²) in [7, 11) is 0. The number of ether oxygens (including phenoxy) is 1.